The summed E-state index contributed by atoms with van der Waals surface area (Å²) in [5.74, 6) is 0.618. The number of thioether (sulfide) groups is 2. The maximum Gasteiger partial charge on any atom is 0.165 e. The van der Waals surface area contributed by atoms with Gasteiger partial charge in [-0.15, -0.1) is 23.5 Å². The lowest BCUT2D eigenvalue weighted by molar-refractivity contribution is -0.118. The summed E-state index contributed by atoms with van der Waals surface area (Å²) in [5, 5.41) is 49.1. The van der Waals surface area contributed by atoms with E-state index in [1.165, 1.54) is 36.2 Å². The van der Waals surface area contributed by atoms with Gasteiger partial charge in [-0.1, -0.05) is 6.92 Å². The van der Waals surface area contributed by atoms with Crippen LogP contribution in [0.2, 0.25) is 0 Å². The Hall–Kier alpha value is -0.950. The Morgan fingerprint density at radius 2 is 1.80 bits per heavy atom. The number of fused-ring (bicyclic) bond motifs is 1. The van der Waals surface area contributed by atoms with Crippen molar-refractivity contribution in [3.63, 3.8) is 0 Å². The van der Waals surface area contributed by atoms with Crippen LogP contribution in [0.3, 0.4) is 0 Å². The maximum absolute atomic E-state index is 10.6. The van der Waals surface area contributed by atoms with Crippen molar-refractivity contribution in [2.75, 3.05) is 18.6 Å². The van der Waals surface area contributed by atoms with Crippen LogP contribution in [0.4, 0.5) is 0 Å². The molecule has 0 saturated heterocycles. The molecule has 0 aromatic carbocycles. The van der Waals surface area contributed by atoms with E-state index in [1.807, 2.05) is 13.2 Å². The van der Waals surface area contributed by atoms with E-state index < -0.39 is 36.4 Å². The van der Waals surface area contributed by atoms with Gasteiger partial charge >= 0.3 is 0 Å². The highest BCUT2D eigenvalue weighted by molar-refractivity contribution is 7.99. The fraction of sp³-hybridized carbons (Fsp3) is 0.643. The maximum atomic E-state index is 10.6. The van der Waals surface area contributed by atoms with E-state index in [0.29, 0.717) is 21.9 Å². The predicted octanol–water partition coefficient (Wildman–Crippen LogP) is -0.764. The molecule has 0 bridgehead atoms. The summed E-state index contributed by atoms with van der Waals surface area (Å²) in [6.45, 7) is 1.16. The average Bonchev–Trinajstić information content (AvgIpc) is 3.07. The molecule has 2 rings (SSSR count). The van der Waals surface area contributed by atoms with Gasteiger partial charge in [0.05, 0.1) is 12.9 Å². The van der Waals surface area contributed by atoms with Gasteiger partial charge in [-0.05, 0) is 12.0 Å². The molecule has 11 heteroatoms. The van der Waals surface area contributed by atoms with Gasteiger partial charge in [-0.25, -0.2) is 15.0 Å². The molecule has 0 fully saturated rings. The van der Waals surface area contributed by atoms with Crippen LogP contribution in [-0.4, -0.2) is 88.1 Å². The monoisotopic (exact) mass is 390 g/mol. The third-order valence-electron chi connectivity index (χ3n) is 3.70. The number of aromatic nitrogens is 4. The second-order valence-corrected chi connectivity index (χ2v) is 7.46. The van der Waals surface area contributed by atoms with E-state index in [-0.39, 0.29) is 0 Å². The van der Waals surface area contributed by atoms with Crippen LogP contribution in [0.5, 0.6) is 0 Å². The van der Waals surface area contributed by atoms with Crippen molar-refractivity contribution < 1.29 is 25.5 Å². The molecule has 5 N–H and O–H groups in total. The number of hydrogen-bond acceptors (Lipinski definition) is 10. The molecule has 5 atom stereocenters. The summed E-state index contributed by atoms with van der Waals surface area (Å²) in [6, 6.07) is 0. The highest BCUT2D eigenvalue weighted by atomic mass is 32.2. The fourth-order valence-electron chi connectivity index (χ4n) is 2.39. The molecule has 0 saturated carbocycles. The molecule has 0 aliphatic rings. The standard InChI is InChI=1S/C14H22N4O5S2/c1-3-25-14(11(23)10(22)9(21)7(20)4-19)18-6-17-8-12(18)15-5-16-13(8)24-2/h5-7,9-11,14,19-23H,3-4H2,1-2H3/t7-,9-,10-,11-,14+/m1/s1. The molecule has 0 spiro atoms. The summed E-state index contributed by atoms with van der Waals surface area (Å²) in [7, 11) is 0. The summed E-state index contributed by atoms with van der Waals surface area (Å²) < 4.78 is 1.61. The van der Waals surface area contributed by atoms with Crippen LogP contribution >= 0.6 is 23.5 Å². The van der Waals surface area contributed by atoms with E-state index in [9.17, 15) is 20.4 Å². The van der Waals surface area contributed by atoms with Gasteiger partial charge in [0.15, 0.2) is 5.65 Å². The zero-order valence-corrected chi connectivity index (χ0v) is 15.4. The lowest BCUT2D eigenvalue weighted by Gasteiger charge is -2.31. The van der Waals surface area contributed by atoms with Gasteiger partial charge in [0, 0.05) is 0 Å². The smallest absolute Gasteiger partial charge is 0.165 e. The molecule has 2 heterocycles. The molecule has 2 aromatic rings. The lowest BCUT2D eigenvalue weighted by Crippen LogP contribution is -2.48. The van der Waals surface area contributed by atoms with Crippen molar-refractivity contribution in [3.05, 3.63) is 12.7 Å². The van der Waals surface area contributed by atoms with Crippen LogP contribution in [0, 0.1) is 0 Å². The first kappa shape index (κ1) is 20.4. The van der Waals surface area contributed by atoms with Gasteiger partial charge in [-0.3, -0.25) is 4.57 Å². The Labute approximate surface area is 153 Å². The number of rotatable bonds is 9. The Kier molecular flexibility index (Phi) is 7.43. The Balaban J connectivity index is 2.38. The average molecular weight is 390 g/mol. The topological polar surface area (TPSA) is 145 Å². The zero-order valence-electron chi connectivity index (χ0n) is 13.8. The van der Waals surface area contributed by atoms with Crippen LogP contribution in [0.15, 0.2) is 17.7 Å². The summed E-state index contributed by atoms with van der Waals surface area (Å²) in [4.78, 5) is 12.6. The zero-order chi connectivity index (χ0) is 18.6. The summed E-state index contributed by atoms with van der Waals surface area (Å²) in [6.07, 6.45) is -1.57. The molecule has 0 aliphatic carbocycles. The van der Waals surface area contributed by atoms with E-state index in [0.717, 1.165) is 0 Å². The molecule has 0 unspecified atom stereocenters. The van der Waals surface area contributed by atoms with Gasteiger partial charge in [0.1, 0.15) is 46.7 Å². The normalized spacial score (nSPS) is 18.0. The minimum Gasteiger partial charge on any atom is -0.394 e. The van der Waals surface area contributed by atoms with E-state index in [1.54, 1.807) is 4.57 Å². The van der Waals surface area contributed by atoms with E-state index >= 15 is 0 Å². The first-order chi connectivity index (χ1) is 12.0. The largest absolute Gasteiger partial charge is 0.394 e. The number of hydrogen-bond donors (Lipinski definition) is 5. The van der Waals surface area contributed by atoms with E-state index in [4.69, 9.17) is 5.11 Å². The minimum absolute atomic E-state index is 0.494. The number of aliphatic hydroxyl groups excluding tert-OH is 5. The van der Waals surface area contributed by atoms with Crippen molar-refractivity contribution in [3.8, 4) is 0 Å². The molecule has 0 aliphatic heterocycles. The van der Waals surface area contributed by atoms with Crippen LogP contribution in [0.25, 0.3) is 11.2 Å². The van der Waals surface area contributed by atoms with E-state index in [2.05, 4.69) is 15.0 Å². The first-order valence-corrected chi connectivity index (χ1v) is 9.89. The van der Waals surface area contributed by atoms with Crippen LogP contribution < -0.4 is 0 Å². The third kappa shape index (κ3) is 4.25. The Bertz CT molecular complexity index is 688. The van der Waals surface area contributed by atoms with Crippen LogP contribution in [0.1, 0.15) is 12.3 Å². The highest BCUT2D eigenvalue weighted by Gasteiger charge is 2.36. The molecular formula is C14H22N4O5S2. The van der Waals surface area contributed by atoms with Crippen molar-refractivity contribution in [1.82, 2.24) is 19.5 Å². The van der Waals surface area contributed by atoms with Gasteiger partial charge < -0.3 is 25.5 Å². The molecule has 0 radical (unpaired) electrons. The number of nitrogens with zero attached hydrogens (tertiary/aromatic N) is 4. The second-order valence-electron chi connectivity index (χ2n) is 5.27. The van der Waals surface area contributed by atoms with Gasteiger partial charge in [-0.2, -0.15) is 0 Å². The number of imidazole rings is 1. The molecule has 9 nitrogen and oxygen atoms in total. The fourth-order valence-corrected chi connectivity index (χ4v) is 3.89. The molecular weight excluding hydrogens is 368 g/mol. The quantitative estimate of drug-likeness (QED) is 0.273. The first-order valence-electron chi connectivity index (χ1n) is 7.62. The van der Waals surface area contributed by atoms with Crippen molar-refractivity contribution in [2.24, 2.45) is 0 Å². The van der Waals surface area contributed by atoms with Crippen molar-refractivity contribution >= 4 is 34.7 Å². The van der Waals surface area contributed by atoms with Crippen LogP contribution in [-0.2, 0) is 0 Å². The Morgan fingerprint density at radius 1 is 1.08 bits per heavy atom. The minimum atomic E-state index is -1.69. The van der Waals surface area contributed by atoms with Crippen molar-refractivity contribution in [1.29, 1.82) is 0 Å². The summed E-state index contributed by atoms with van der Waals surface area (Å²) >= 11 is 2.74. The molecule has 2 aromatic heterocycles. The highest BCUT2D eigenvalue weighted by Crippen LogP contribution is 2.33. The second kappa shape index (κ2) is 9.12. The molecule has 140 valence electrons. The SMILES string of the molecule is CCS[C@@H]([C@H](O)[C@H](O)[C@H](O)[C@H](O)CO)n1cnc2c(SC)ncnc21. The summed E-state index contributed by atoms with van der Waals surface area (Å²) in [5.41, 5.74) is 1.07. The number of aliphatic hydroxyl groups is 5. The van der Waals surface area contributed by atoms with Gasteiger partial charge in [0.2, 0.25) is 0 Å². The third-order valence-corrected chi connectivity index (χ3v) is 5.57. The Morgan fingerprint density at radius 3 is 2.40 bits per heavy atom. The predicted molar refractivity (Wildman–Crippen MR) is 95.4 cm³/mol. The molecule has 0 amide bonds. The van der Waals surface area contributed by atoms with Gasteiger partial charge in [0.25, 0.3) is 0 Å². The lowest BCUT2D eigenvalue weighted by atomic mass is 10.0. The molecule has 25 heavy (non-hydrogen) atoms. The van der Waals surface area contributed by atoms with Crippen molar-refractivity contribution in [2.45, 2.75) is 41.7 Å².